The molecule has 1 aromatic rings. The SMILES string of the molecule is CCC(N)C(C)c1ccc(C)c(C)c1. The molecule has 0 amide bonds. The quantitative estimate of drug-likeness (QED) is 0.780. The van der Waals surface area contributed by atoms with E-state index in [4.69, 9.17) is 5.73 Å². The summed E-state index contributed by atoms with van der Waals surface area (Å²) in [5.74, 6) is 0.458. The molecular weight excluding hydrogens is 170 g/mol. The van der Waals surface area contributed by atoms with Gasteiger partial charge < -0.3 is 5.73 Å². The second kappa shape index (κ2) is 4.61. The summed E-state index contributed by atoms with van der Waals surface area (Å²) in [5, 5.41) is 0. The normalized spacial score (nSPS) is 15.2. The molecule has 2 unspecified atom stereocenters. The first kappa shape index (κ1) is 11.3. The molecule has 0 fully saturated rings. The van der Waals surface area contributed by atoms with Gasteiger partial charge in [-0.2, -0.15) is 0 Å². The van der Waals surface area contributed by atoms with Crippen molar-refractivity contribution in [1.82, 2.24) is 0 Å². The lowest BCUT2D eigenvalue weighted by Gasteiger charge is -2.19. The molecule has 0 saturated carbocycles. The van der Waals surface area contributed by atoms with Gasteiger partial charge in [-0.3, -0.25) is 0 Å². The van der Waals surface area contributed by atoms with Crippen LogP contribution in [0.25, 0.3) is 0 Å². The molecule has 0 bridgehead atoms. The summed E-state index contributed by atoms with van der Waals surface area (Å²) in [6, 6.07) is 6.92. The minimum absolute atomic E-state index is 0.275. The van der Waals surface area contributed by atoms with Gasteiger partial charge in [-0.25, -0.2) is 0 Å². The fourth-order valence-corrected chi connectivity index (χ4v) is 1.65. The van der Waals surface area contributed by atoms with Crippen LogP contribution in [0, 0.1) is 13.8 Å². The van der Waals surface area contributed by atoms with E-state index in [0.717, 1.165) is 6.42 Å². The Kier molecular flexibility index (Phi) is 3.70. The number of aryl methyl sites for hydroxylation is 2. The zero-order valence-electron chi connectivity index (χ0n) is 9.67. The summed E-state index contributed by atoms with van der Waals surface area (Å²) in [6.45, 7) is 8.65. The Morgan fingerprint density at radius 1 is 1.21 bits per heavy atom. The third-order valence-electron chi connectivity index (χ3n) is 3.17. The monoisotopic (exact) mass is 191 g/mol. The Balaban J connectivity index is 2.91. The van der Waals surface area contributed by atoms with Gasteiger partial charge in [-0.05, 0) is 42.9 Å². The largest absolute Gasteiger partial charge is 0.327 e. The first-order valence-electron chi connectivity index (χ1n) is 5.39. The predicted octanol–water partition coefficient (Wildman–Crippen LogP) is 3.14. The Labute approximate surface area is 87.3 Å². The lowest BCUT2D eigenvalue weighted by atomic mass is 9.90. The molecule has 2 N–H and O–H groups in total. The standard InChI is InChI=1S/C13H21N/c1-5-13(14)11(4)12-7-6-9(2)10(3)8-12/h6-8,11,13H,5,14H2,1-4H3. The molecule has 1 aromatic carbocycles. The Hall–Kier alpha value is -0.820. The van der Waals surface area contributed by atoms with Crippen LogP contribution in [0.15, 0.2) is 18.2 Å². The molecule has 0 heterocycles. The molecule has 0 saturated heterocycles. The van der Waals surface area contributed by atoms with E-state index in [9.17, 15) is 0 Å². The number of nitrogens with two attached hydrogens (primary N) is 1. The van der Waals surface area contributed by atoms with Crippen molar-refractivity contribution in [3.8, 4) is 0 Å². The molecule has 0 aromatic heterocycles. The molecule has 2 atom stereocenters. The van der Waals surface area contributed by atoms with Crippen molar-refractivity contribution in [3.63, 3.8) is 0 Å². The smallest absolute Gasteiger partial charge is 0.0103 e. The fourth-order valence-electron chi connectivity index (χ4n) is 1.65. The Bertz CT molecular complexity index is 304. The van der Waals surface area contributed by atoms with Gasteiger partial charge >= 0.3 is 0 Å². The average Bonchev–Trinajstić information content (AvgIpc) is 2.20. The van der Waals surface area contributed by atoms with E-state index < -0.39 is 0 Å². The molecule has 1 nitrogen and oxygen atoms in total. The van der Waals surface area contributed by atoms with E-state index >= 15 is 0 Å². The van der Waals surface area contributed by atoms with Crippen LogP contribution in [0.4, 0.5) is 0 Å². The van der Waals surface area contributed by atoms with Crippen LogP contribution >= 0.6 is 0 Å². The zero-order chi connectivity index (χ0) is 10.7. The molecular formula is C13H21N. The van der Waals surface area contributed by atoms with Gasteiger partial charge in [-0.1, -0.05) is 32.0 Å². The highest BCUT2D eigenvalue weighted by Gasteiger charge is 2.12. The van der Waals surface area contributed by atoms with E-state index in [1.165, 1.54) is 16.7 Å². The minimum atomic E-state index is 0.275. The Morgan fingerprint density at radius 2 is 1.86 bits per heavy atom. The fraction of sp³-hybridized carbons (Fsp3) is 0.538. The number of hydrogen-bond acceptors (Lipinski definition) is 1. The Morgan fingerprint density at radius 3 is 2.36 bits per heavy atom. The highest BCUT2D eigenvalue weighted by molar-refractivity contribution is 5.32. The third-order valence-corrected chi connectivity index (χ3v) is 3.17. The summed E-state index contributed by atoms with van der Waals surface area (Å²) >= 11 is 0. The van der Waals surface area contributed by atoms with E-state index in [1.54, 1.807) is 0 Å². The second-order valence-electron chi connectivity index (χ2n) is 4.20. The van der Waals surface area contributed by atoms with Crippen molar-refractivity contribution in [1.29, 1.82) is 0 Å². The summed E-state index contributed by atoms with van der Waals surface area (Å²) < 4.78 is 0. The summed E-state index contributed by atoms with van der Waals surface area (Å²) in [6.07, 6.45) is 1.04. The molecule has 0 aliphatic rings. The summed E-state index contributed by atoms with van der Waals surface area (Å²) in [4.78, 5) is 0. The molecule has 0 radical (unpaired) electrons. The molecule has 1 rings (SSSR count). The number of hydrogen-bond donors (Lipinski definition) is 1. The molecule has 78 valence electrons. The van der Waals surface area contributed by atoms with Crippen molar-refractivity contribution >= 4 is 0 Å². The maximum Gasteiger partial charge on any atom is 0.0103 e. The topological polar surface area (TPSA) is 26.0 Å². The van der Waals surface area contributed by atoms with Crippen molar-refractivity contribution in [2.75, 3.05) is 0 Å². The first-order chi connectivity index (χ1) is 6.56. The molecule has 0 spiro atoms. The maximum absolute atomic E-state index is 6.04. The van der Waals surface area contributed by atoms with E-state index in [-0.39, 0.29) is 6.04 Å². The van der Waals surface area contributed by atoms with Gasteiger partial charge in [0.25, 0.3) is 0 Å². The van der Waals surface area contributed by atoms with Crippen LogP contribution in [0.1, 0.15) is 42.9 Å². The highest BCUT2D eigenvalue weighted by Crippen LogP contribution is 2.22. The van der Waals surface area contributed by atoms with Gasteiger partial charge in [0.1, 0.15) is 0 Å². The lowest BCUT2D eigenvalue weighted by Crippen LogP contribution is -2.25. The van der Waals surface area contributed by atoms with E-state index in [1.807, 2.05) is 0 Å². The van der Waals surface area contributed by atoms with Gasteiger partial charge in [0.05, 0.1) is 0 Å². The first-order valence-corrected chi connectivity index (χ1v) is 5.39. The molecule has 14 heavy (non-hydrogen) atoms. The van der Waals surface area contributed by atoms with Crippen LogP contribution in [0.3, 0.4) is 0 Å². The van der Waals surface area contributed by atoms with Crippen molar-refractivity contribution < 1.29 is 0 Å². The molecule has 0 aliphatic heterocycles. The van der Waals surface area contributed by atoms with Crippen LogP contribution in [0.2, 0.25) is 0 Å². The van der Waals surface area contributed by atoms with Gasteiger partial charge in [0.15, 0.2) is 0 Å². The van der Waals surface area contributed by atoms with E-state index in [2.05, 4.69) is 45.9 Å². The summed E-state index contributed by atoms with van der Waals surface area (Å²) in [7, 11) is 0. The number of rotatable bonds is 3. The van der Waals surface area contributed by atoms with Crippen LogP contribution in [-0.4, -0.2) is 6.04 Å². The minimum Gasteiger partial charge on any atom is -0.327 e. The van der Waals surface area contributed by atoms with E-state index in [0.29, 0.717) is 5.92 Å². The highest BCUT2D eigenvalue weighted by atomic mass is 14.6. The number of benzene rings is 1. The van der Waals surface area contributed by atoms with Crippen molar-refractivity contribution in [3.05, 3.63) is 34.9 Å². The maximum atomic E-state index is 6.04. The lowest BCUT2D eigenvalue weighted by molar-refractivity contribution is 0.551. The van der Waals surface area contributed by atoms with Crippen molar-refractivity contribution in [2.24, 2.45) is 5.73 Å². The predicted molar refractivity (Wildman–Crippen MR) is 62.6 cm³/mol. The van der Waals surface area contributed by atoms with Crippen molar-refractivity contribution in [2.45, 2.75) is 46.1 Å². The second-order valence-corrected chi connectivity index (χ2v) is 4.20. The molecule has 0 aliphatic carbocycles. The van der Waals surface area contributed by atoms with Gasteiger partial charge in [-0.15, -0.1) is 0 Å². The average molecular weight is 191 g/mol. The molecule has 1 heteroatoms. The van der Waals surface area contributed by atoms with Gasteiger partial charge in [0, 0.05) is 6.04 Å². The third kappa shape index (κ3) is 2.36. The van der Waals surface area contributed by atoms with Gasteiger partial charge in [0.2, 0.25) is 0 Å². The summed E-state index contributed by atoms with van der Waals surface area (Å²) in [5.41, 5.74) is 10.1. The zero-order valence-corrected chi connectivity index (χ0v) is 9.67. The van der Waals surface area contributed by atoms with Crippen LogP contribution in [-0.2, 0) is 0 Å². The van der Waals surface area contributed by atoms with Crippen LogP contribution in [0.5, 0.6) is 0 Å². The van der Waals surface area contributed by atoms with Crippen LogP contribution < -0.4 is 5.73 Å².